The molecule has 1 saturated carbocycles. The van der Waals surface area contributed by atoms with Gasteiger partial charge in [-0.25, -0.2) is 8.42 Å². The van der Waals surface area contributed by atoms with Crippen molar-refractivity contribution in [1.29, 1.82) is 0 Å². The van der Waals surface area contributed by atoms with Crippen LogP contribution in [0.25, 0.3) is 0 Å². The normalized spacial score (nSPS) is 16.5. The third-order valence-electron chi connectivity index (χ3n) is 3.04. The van der Waals surface area contributed by atoms with Crippen molar-refractivity contribution in [1.82, 2.24) is 4.31 Å². The molecule has 1 aliphatic rings. The molecule has 108 valence electrons. The van der Waals surface area contributed by atoms with Crippen LogP contribution in [0.4, 0.5) is 0 Å². The second-order valence-corrected chi connectivity index (χ2v) is 9.02. The molecule has 1 aliphatic carbocycles. The van der Waals surface area contributed by atoms with Gasteiger partial charge in [-0.2, -0.15) is 4.31 Å². The van der Waals surface area contributed by atoms with Gasteiger partial charge in [0.1, 0.15) is 4.21 Å². The fraction of sp³-hybridized carbons (Fsp3) is 0.692. The van der Waals surface area contributed by atoms with Crippen LogP contribution < -0.4 is 0 Å². The average molecular weight is 322 g/mol. The van der Waals surface area contributed by atoms with Crippen LogP contribution in [0, 0.1) is 5.92 Å². The van der Waals surface area contributed by atoms with E-state index in [2.05, 4.69) is 13.8 Å². The van der Waals surface area contributed by atoms with Crippen molar-refractivity contribution in [2.45, 2.75) is 43.4 Å². The Morgan fingerprint density at radius 3 is 2.63 bits per heavy atom. The monoisotopic (exact) mass is 321 g/mol. The van der Waals surface area contributed by atoms with Gasteiger partial charge >= 0.3 is 0 Å². The van der Waals surface area contributed by atoms with Crippen LogP contribution >= 0.6 is 22.9 Å². The van der Waals surface area contributed by atoms with Crippen LogP contribution in [0.3, 0.4) is 0 Å². The molecule has 0 saturated heterocycles. The molecule has 0 bridgehead atoms. The quantitative estimate of drug-likeness (QED) is 0.722. The highest BCUT2D eigenvalue weighted by Gasteiger charge is 2.38. The molecule has 2 rings (SSSR count). The lowest BCUT2D eigenvalue weighted by Crippen LogP contribution is -2.35. The van der Waals surface area contributed by atoms with E-state index in [0.717, 1.165) is 24.1 Å². The molecule has 0 aromatic carbocycles. The lowest BCUT2D eigenvalue weighted by Gasteiger charge is -2.22. The first-order chi connectivity index (χ1) is 8.95. The molecule has 1 heterocycles. The van der Waals surface area contributed by atoms with E-state index < -0.39 is 10.0 Å². The van der Waals surface area contributed by atoms with E-state index in [-0.39, 0.29) is 6.04 Å². The van der Waals surface area contributed by atoms with Gasteiger partial charge in [0, 0.05) is 23.3 Å². The van der Waals surface area contributed by atoms with Crippen molar-refractivity contribution in [2.24, 2.45) is 5.92 Å². The highest BCUT2D eigenvalue weighted by molar-refractivity contribution is 7.91. The van der Waals surface area contributed by atoms with E-state index in [4.69, 9.17) is 11.6 Å². The molecule has 0 unspecified atom stereocenters. The molecular formula is C13H20ClNO2S2. The van der Waals surface area contributed by atoms with E-state index in [1.807, 2.05) is 6.07 Å². The molecule has 0 spiro atoms. The summed E-state index contributed by atoms with van der Waals surface area (Å²) in [6.07, 6.45) is 2.72. The Hall–Kier alpha value is -0.100. The number of hydrogen-bond acceptors (Lipinski definition) is 3. The van der Waals surface area contributed by atoms with E-state index in [1.165, 1.54) is 11.3 Å². The molecule has 0 amide bonds. The van der Waals surface area contributed by atoms with Gasteiger partial charge in [0.05, 0.1) is 0 Å². The Kier molecular flexibility index (Phi) is 4.93. The largest absolute Gasteiger partial charge is 0.252 e. The molecule has 1 aromatic heterocycles. The number of aryl methyl sites for hydroxylation is 1. The number of hydrogen-bond donors (Lipinski definition) is 0. The molecule has 0 N–H and O–H groups in total. The minimum Gasteiger partial charge on any atom is -0.206 e. The van der Waals surface area contributed by atoms with Crippen molar-refractivity contribution in [3.05, 3.63) is 17.0 Å². The molecule has 6 heteroatoms. The number of rotatable bonds is 7. The minimum absolute atomic E-state index is 0.214. The summed E-state index contributed by atoms with van der Waals surface area (Å²) in [5, 5.41) is 0. The lowest BCUT2D eigenvalue weighted by molar-refractivity contribution is 0.361. The zero-order valence-corrected chi connectivity index (χ0v) is 13.7. The lowest BCUT2D eigenvalue weighted by atomic mass is 10.2. The molecule has 0 atom stereocenters. The van der Waals surface area contributed by atoms with Crippen LogP contribution in [0.5, 0.6) is 0 Å². The van der Waals surface area contributed by atoms with Crippen molar-refractivity contribution >= 4 is 33.0 Å². The van der Waals surface area contributed by atoms with E-state index in [0.29, 0.717) is 22.6 Å². The molecule has 3 nitrogen and oxygen atoms in total. The molecule has 1 fully saturated rings. The second-order valence-electron chi connectivity index (χ2n) is 5.36. The third-order valence-corrected chi connectivity index (χ3v) is 6.76. The molecule has 0 aliphatic heterocycles. The third kappa shape index (κ3) is 3.72. The minimum atomic E-state index is -3.32. The van der Waals surface area contributed by atoms with Crippen molar-refractivity contribution in [2.75, 3.05) is 12.4 Å². The van der Waals surface area contributed by atoms with Gasteiger partial charge < -0.3 is 0 Å². The fourth-order valence-corrected chi connectivity index (χ4v) is 5.65. The van der Waals surface area contributed by atoms with Gasteiger partial charge in [0.2, 0.25) is 0 Å². The molecule has 1 aromatic rings. The summed E-state index contributed by atoms with van der Waals surface area (Å²) in [5.41, 5.74) is 0. The van der Waals surface area contributed by atoms with Gasteiger partial charge in [-0.15, -0.1) is 22.9 Å². The average Bonchev–Trinajstić information content (AvgIpc) is 3.05. The number of thiophene rings is 1. The summed E-state index contributed by atoms with van der Waals surface area (Å²) in [6.45, 7) is 4.71. The summed E-state index contributed by atoms with van der Waals surface area (Å²) >= 11 is 7.05. The summed E-state index contributed by atoms with van der Waals surface area (Å²) < 4.78 is 27.5. The zero-order valence-electron chi connectivity index (χ0n) is 11.3. The SMILES string of the molecule is CC(C)CN(C1CC1)S(=O)(=O)c1ccc(CCCl)s1. The summed E-state index contributed by atoms with van der Waals surface area (Å²) in [7, 11) is -3.32. The van der Waals surface area contributed by atoms with Crippen molar-refractivity contribution in [3.8, 4) is 0 Å². The van der Waals surface area contributed by atoms with Gasteiger partial charge in [-0.1, -0.05) is 13.8 Å². The van der Waals surface area contributed by atoms with Crippen LogP contribution in [0.1, 0.15) is 31.6 Å². The fourth-order valence-electron chi connectivity index (χ4n) is 2.01. The molecule has 0 radical (unpaired) electrons. The van der Waals surface area contributed by atoms with Gasteiger partial charge in [-0.05, 0) is 37.3 Å². The summed E-state index contributed by atoms with van der Waals surface area (Å²) in [5.74, 6) is 0.871. The first kappa shape index (κ1) is 15.3. The summed E-state index contributed by atoms with van der Waals surface area (Å²) in [6, 6.07) is 3.81. The van der Waals surface area contributed by atoms with Crippen LogP contribution in [-0.4, -0.2) is 31.2 Å². The van der Waals surface area contributed by atoms with Gasteiger partial charge in [0.25, 0.3) is 10.0 Å². The maximum Gasteiger partial charge on any atom is 0.252 e. The first-order valence-corrected chi connectivity index (χ1v) is 9.40. The predicted octanol–water partition coefficient (Wildman–Crippen LogP) is 3.34. The number of nitrogens with zero attached hydrogens (tertiary/aromatic N) is 1. The zero-order chi connectivity index (χ0) is 14.0. The molecule has 19 heavy (non-hydrogen) atoms. The Morgan fingerprint density at radius 1 is 1.42 bits per heavy atom. The van der Waals surface area contributed by atoms with Crippen LogP contribution in [0.15, 0.2) is 16.3 Å². The number of halogens is 1. The van der Waals surface area contributed by atoms with E-state index in [1.54, 1.807) is 10.4 Å². The van der Waals surface area contributed by atoms with Gasteiger partial charge in [-0.3, -0.25) is 0 Å². The van der Waals surface area contributed by atoms with Crippen LogP contribution in [-0.2, 0) is 16.4 Å². The maximum atomic E-state index is 12.7. The van der Waals surface area contributed by atoms with Crippen molar-refractivity contribution < 1.29 is 8.42 Å². The molecular weight excluding hydrogens is 302 g/mol. The van der Waals surface area contributed by atoms with E-state index >= 15 is 0 Å². The topological polar surface area (TPSA) is 37.4 Å². The predicted molar refractivity (Wildman–Crippen MR) is 80.5 cm³/mol. The number of sulfonamides is 1. The summed E-state index contributed by atoms with van der Waals surface area (Å²) in [4.78, 5) is 1.04. The van der Waals surface area contributed by atoms with E-state index in [9.17, 15) is 8.42 Å². The Balaban J connectivity index is 2.22. The smallest absolute Gasteiger partial charge is 0.206 e. The second kappa shape index (κ2) is 6.12. The number of alkyl halides is 1. The highest BCUT2D eigenvalue weighted by Crippen LogP contribution is 2.35. The van der Waals surface area contributed by atoms with Gasteiger partial charge in [0.15, 0.2) is 0 Å². The van der Waals surface area contributed by atoms with Crippen molar-refractivity contribution in [3.63, 3.8) is 0 Å². The Labute approximate surface area is 124 Å². The highest BCUT2D eigenvalue weighted by atomic mass is 35.5. The Morgan fingerprint density at radius 2 is 2.11 bits per heavy atom. The first-order valence-electron chi connectivity index (χ1n) is 6.61. The van der Waals surface area contributed by atoms with Crippen LogP contribution in [0.2, 0.25) is 0 Å². The maximum absolute atomic E-state index is 12.7. The standard InChI is InChI=1S/C13H20ClNO2S2/c1-10(2)9-15(11-3-4-11)19(16,17)13-6-5-12(18-13)7-8-14/h5-6,10-11H,3-4,7-9H2,1-2H3. The Bertz CT molecular complexity index is 521.